The minimum absolute atomic E-state index is 0.291. The van der Waals surface area contributed by atoms with Gasteiger partial charge in [0, 0.05) is 11.3 Å². The molecule has 4 heteroatoms. The molecule has 0 saturated heterocycles. The molecule has 2 rings (SSSR count). The summed E-state index contributed by atoms with van der Waals surface area (Å²) in [6.45, 7) is 0. The molecule has 84 valence electrons. The SMILES string of the molecule is OC1=CC=C(SSc2ccc(O)cc2)CC1. The third-order valence-corrected chi connectivity index (χ3v) is 4.74. The number of phenols is 1. The second kappa shape index (κ2) is 5.37. The lowest BCUT2D eigenvalue weighted by molar-refractivity contribution is 0.387. The van der Waals surface area contributed by atoms with Gasteiger partial charge in [0.15, 0.2) is 0 Å². The molecule has 1 aliphatic rings. The lowest BCUT2D eigenvalue weighted by Crippen LogP contribution is -1.88. The summed E-state index contributed by atoms with van der Waals surface area (Å²) < 4.78 is 0. The summed E-state index contributed by atoms with van der Waals surface area (Å²) in [5, 5.41) is 18.4. The number of aliphatic hydroxyl groups is 1. The third-order valence-electron chi connectivity index (χ3n) is 2.17. The number of aliphatic hydroxyl groups excluding tert-OH is 1. The van der Waals surface area contributed by atoms with Crippen molar-refractivity contribution in [3.63, 3.8) is 0 Å². The van der Waals surface area contributed by atoms with Gasteiger partial charge in [-0.15, -0.1) is 0 Å². The highest BCUT2D eigenvalue weighted by molar-refractivity contribution is 8.78. The first-order valence-corrected chi connectivity index (χ1v) is 7.11. The Morgan fingerprint density at radius 3 is 2.25 bits per heavy atom. The van der Waals surface area contributed by atoms with Gasteiger partial charge >= 0.3 is 0 Å². The molecule has 0 heterocycles. The number of allylic oxidation sites excluding steroid dienone is 4. The molecule has 0 fully saturated rings. The van der Waals surface area contributed by atoms with Gasteiger partial charge in [0.05, 0.1) is 5.76 Å². The zero-order valence-corrected chi connectivity index (χ0v) is 10.2. The van der Waals surface area contributed by atoms with E-state index in [-0.39, 0.29) is 0 Å². The molecule has 0 aromatic heterocycles. The predicted octanol–water partition coefficient (Wildman–Crippen LogP) is 4.25. The molecule has 0 atom stereocenters. The van der Waals surface area contributed by atoms with Crippen molar-refractivity contribution in [1.29, 1.82) is 0 Å². The van der Waals surface area contributed by atoms with Gasteiger partial charge in [-0.1, -0.05) is 21.6 Å². The average molecular weight is 252 g/mol. The quantitative estimate of drug-likeness (QED) is 0.789. The second-order valence-corrected chi connectivity index (χ2v) is 5.78. The van der Waals surface area contributed by atoms with Gasteiger partial charge in [0.25, 0.3) is 0 Å². The number of hydrogen-bond acceptors (Lipinski definition) is 4. The van der Waals surface area contributed by atoms with E-state index >= 15 is 0 Å². The lowest BCUT2D eigenvalue weighted by atomic mass is 10.2. The van der Waals surface area contributed by atoms with Crippen molar-refractivity contribution in [3.05, 3.63) is 47.1 Å². The van der Waals surface area contributed by atoms with Crippen molar-refractivity contribution in [2.45, 2.75) is 17.7 Å². The Balaban J connectivity index is 1.90. The third kappa shape index (κ3) is 3.25. The van der Waals surface area contributed by atoms with E-state index in [1.54, 1.807) is 39.8 Å². The first-order valence-electron chi connectivity index (χ1n) is 4.96. The van der Waals surface area contributed by atoms with Crippen LogP contribution in [-0.4, -0.2) is 10.2 Å². The molecule has 2 nitrogen and oxygen atoms in total. The molecule has 0 spiro atoms. The molecule has 0 radical (unpaired) electrons. The Morgan fingerprint density at radius 1 is 0.875 bits per heavy atom. The minimum atomic E-state index is 0.291. The van der Waals surface area contributed by atoms with Crippen LogP contribution in [0.5, 0.6) is 5.75 Å². The molecule has 0 amide bonds. The summed E-state index contributed by atoms with van der Waals surface area (Å²) in [6.07, 6.45) is 5.34. The van der Waals surface area contributed by atoms with Crippen LogP contribution in [0.4, 0.5) is 0 Å². The number of aromatic hydroxyl groups is 1. The van der Waals surface area contributed by atoms with Gasteiger partial charge < -0.3 is 10.2 Å². The molecule has 2 N–H and O–H groups in total. The number of hydrogen-bond donors (Lipinski definition) is 2. The molecule has 1 aromatic carbocycles. The molecular weight excluding hydrogens is 240 g/mol. The number of rotatable bonds is 3. The summed E-state index contributed by atoms with van der Waals surface area (Å²) in [4.78, 5) is 2.37. The summed E-state index contributed by atoms with van der Waals surface area (Å²) in [5.74, 6) is 0.748. The van der Waals surface area contributed by atoms with Crippen LogP contribution in [0.3, 0.4) is 0 Å². The highest BCUT2D eigenvalue weighted by Gasteiger charge is 2.06. The van der Waals surface area contributed by atoms with E-state index < -0.39 is 0 Å². The molecule has 16 heavy (non-hydrogen) atoms. The maximum atomic E-state index is 9.22. The Hall–Kier alpha value is -1.00. The van der Waals surface area contributed by atoms with Gasteiger partial charge in [0.1, 0.15) is 5.75 Å². The van der Waals surface area contributed by atoms with Gasteiger partial charge in [-0.2, -0.15) is 0 Å². The molecule has 0 bridgehead atoms. The average Bonchev–Trinajstić information content (AvgIpc) is 2.30. The van der Waals surface area contributed by atoms with E-state index in [4.69, 9.17) is 5.11 Å². The fraction of sp³-hybridized carbons (Fsp3) is 0.167. The summed E-state index contributed by atoms with van der Waals surface area (Å²) in [6, 6.07) is 7.15. The van der Waals surface area contributed by atoms with Crippen LogP contribution in [0.1, 0.15) is 12.8 Å². The Labute approximate surface area is 102 Å². The normalized spacial score (nSPS) is 15.5. The summed E-state index contributed by atoms with van der Waals surface area (Å²) in [5.41, 5.74) is 0. The van der Waals surface area contributed by atoms with Crippen LogP contribution in [0.2, 0.25) is 0 Å². The zero-order chi connectivity index (χ0) is 11.4. The standard InChI is InChI=1S/C12H12O2S2/c13-9-1-5-11(6-2-9)15-16-12-7-3-10(14)4-8-12/h1-3,5-7,13-14H,4,8H2. The van der Waals surface area contributed by atoms with Gasteiger partial charge in [-0.25, -0.2) is 0 Å². The lowest BCUT2D eigenvalue weighted by Gasteiger charge is -2.09. The van der Waals surface area contributed by atoms with Crippen LogP contribution in [0.15, 0.2) is 52.0 Å². The monoisotopic (exact) mass is 252 g/mol. The fourth-order valence-corrected chi connectivity index (χ4v) is 3.40. The van der Waals surface area contributed by atoms with Crippen molar-refractivity contribution in [1.82, 2.24) is 0 Å². The van der Waals surface area contributed by atoms with Gasteiger partial charge in [0.2, 0.25) is 0 Å². The van der Waals surface area contributed by atoms with Crippen LogP contribution < -0.4 is 0 Å². The van der Waals surface area contributed by atoms with Crippen LogP contribution >= 0.6 is 21.6 Å². The number of phenolic OH excluding ortho intramolecular Hbond substituents is 1. The first kappa shape index (κ1) is 11.5. The predicted molar refractivity (Wildman–Crippen MR) is 69.6 cm³/mol. The Bertz CT molecular complexity index is 421. The number of benzene rings is 1. The highest BCUT2D eigenvalue weighted by atomic mass is 33.1. The smallest absolute Gasteiger partial charge is 0.115 e. The van der Waals surface area contributed by atoms with E-state index in [9.17, 15) is 5.11 Å². The maximum Gasteiger partial charge on any atom is 0.115 e. The highest BCUT2D eigenvalue weighted by Crippen LogP contribution is 2.40. The van der Waals surface area contributed by atoms with Crippen LogP contribution in [-0.2, 0) is 0 Å². The molecule has 0 aliphatic heterocycles. The first-order chi connectivity index (χ1) is 7.74. The molecule has 1 aromatic rings. The van der Waals surface area contributed by atoms with Crippen molar-refractivity contribution >= 4 is 21.6 Å². The van der Waals surface area contributed by atoms with Crippen LogP contribution in [0, 0.1) is 0 Å². The maximum absolute atomic E-state index is 9.22. The second-order valence-electron chi connectivity index (χ2n) is 3.45. The minimum Gasteiger partial charge on any atom is -0.512 e. The van der Waals surface area contributed by atoms with Crippen molar-refractivity contribution in [2.75, 3.05) is 0 Å². The largest absolute Gasteiger partial charge is 0.512 e. The van der Waals surface area contributed by atoms with E-state index in [1.165, 1.54) is 4.91 Å². The molecule has 0 unspecified atom stereocenters. The zero-order valence-electron chi connectivity index (χ0n) is 8.59. The van der Waals surface area contributed by atoms with E-state index in [0.29, 0.717) is 11.5 Å². The molecule has 0 saturated carbocycles. The molecular formula is C12H12O2S2. The summed E-state index contributed by atoms with van der Waals surface area (Å²) in [7, 11) is 3.36. The fourth-order valence-electron chi connectivity index (χ4n) is 1.28. The van der Waals surface area contributed by atoms with Gasteiger partial charge in [-0.05, 0) is 47.7 Å². The van der Waals surface area contributed by atoms with E-state index in [1.807, 2.05) is 18.2 Å². The van der Waals surface area contributed by atoms with E-state index in [0.717, 1.165) is 17.7 Å². The van der Waals surface area contributed by atoms with E-state index in [2.05, 4.69) is 0 Å². The van der Waals surface area contributed by atoms with Gasteiger partial charge in [-0.3, -0.25) is 0 Å². The van der Waals surface area contributed by atoms with Crippen LogP contribution in [0.25, 0.3) is 0 Å². The van der Waals surface area contributed by atoms with Crippen molar-refractivity contribution in [2.24, 2.45) is 0 Å². The van der Waals surface area contributed by atoms with Crippen molar-refractivity contribution < 1.29 is 10.2 Å². The Morgan fingerprint density at radius 2 is 1.62 bits per heavy atom. The summed E-state index contributed by atoms with van der Waals surface area (Å²) >= 11 is 0. The Kier molecular flexibility index (Phi) is 3.85. The topological polar surface area (TPSA) is 40.5 Å². The van der Waals surface area contributed by atoms with Crippen molar-refractivity contribution in [3.8, 4) is 5.75 Å². The molecule has 1 aliphatic carbocycles.